The SMILES string of the molecule is CCCCCCCCc1ccnc(C#Cc2ccc(CCC)cc2)c1. The Morgan fingerprint density at radius 2 is 1.48 bits per heavy atom. The minimum atomic E-state index is 0.876. The first-order valence-corrected chi connectivity index (χ1v) is 9.87. The summed E-state index contributed by atoms with van der Waals surface area (Å²) in [7, 11) is 0. The van der Waals surface area contributed by atoms with Gasteiger partial charge in [0.2, 0.25) is 0 Å². The Kier molecular flexibility index (Phi) is 8.84. The van der Waals surface area contributed by atoms with E-state index < -0.39 is 0 Å². The van der Waals surface area contributed by atoms with Crippen LogP contribution in [0.15, 0.2) is 42.6 Å². The topological polar surface area (TPSA) is 12.9 Å². The first-order valence-electron chi connectivity index (χ1n) is 9.87. The molecule has 0 unspecified atom stereocenters. The minimum absolute atomic E-state index is 0.876. The summed E-state index contributed by atoms with van der Waals surface area (Å²) in [6.07, 6.45) is 13.3. The van der Waals surface area contributed by atoms with Crippen molar-refractivity contribution in [2.24, 2.45) is 0 Å². The zero-order valence-corrected chi connectivity index (χ0v) is 15.9. The molecule has 0 fully saturated rings. The monoisotopic (exact) mass is 333 g/mol. The van der Waals surface area contributed by atoms with Gasteiger partial charge in [0, 0.05) is 11.8 Å². The van der Waals surface area contributed by atoms with E-state index in [0.29, 0.717) is 0 Å². The number of aryl methyl sites for hydroxylation is 2. The fraction of sp³-hybridized carbons (Fsp3) is 0.458. The molecule has 0 aliphatic rings. The van der Waals surface area contributed by atoms with Crippen molar-refractivity contribution in [1.82, 2.24) is 4.98 Å². The molecule has 2 rings (SSSR count). The van der Waals surface area contributed by atoms with Crippen molar-refractivity contribution >= 4 is 0 Å². The van der Waals surface area contributed by atoms with Gasteiger partial charge in [0.05, 0.1) is 0 Å². The lowest BCUT2D eigenvalue weighted by molar-refractivity contribution is 0.607. The summed E-state index contributed by atoms with van der Waals surface area (Å²) < 4.78 is 0. The van der Waals surface area contributed by atoms with Crippen molar-refractivity contribution in [1.29, 1.82) is 0 Å². The largest absolute Gasteiger partial charge is 0.248 e. The molecule has 1 heteroatoms. The van der Waals surface area contributed by atoms with Gasteiger partial charge in [0.15, 0.2) is 0 Å². The lowest BCUT2D eigenvalue weighted by atomic mass is 10.0. The van der Waals surface area contributed by atoms with Gasteiger partial charge in [0.25, 0.3) is 0 Å². The van der Waals surface area contributed by atoms with Crippen LogP contribution in [0.3, 0.4) is 0 Å². The summed E-state index contributed by atoms with van der Waals surface area (Å²) >= 11 is 0. The number of hydrogen-bond acceptors (Lipinski definition) is 1. The average Bonchev–Trinajstić information content (AvgIpc) is 2.65. The normalized spacial score (nSPS) is 10.3. The van der Waals surface area contributed by atoms with Gasteiger partial charge in [-0.2, -0.15) is 0 Å². The Labute approximate surface area is 153 Å². The van der Waals surface area contributed by atoms with E-state index in [4.69, 9.17) is 0 Å². The van der Waals surface area contributed by atoms with Crippen molar-refractivity contribution in [2.75, 3.05) is 0 Å². The standard InChI is InChI=1S/C24H31N/c1-3-5-6-7-8-9-11-23-18-19-25-24(20-23)17-16-22-14-12-21(10-4-2)13-15-22/h12-15,18-20H,3-11H2,1-2H3. The number of unbranched alkanes of at least 4 members (excludes halogenated alkanes) is 5. The lowest BCUT2D eigenvalue weighted by Gasteiger charge is -2.02. The summed E-state index contributed by atoms with van der Waals surface area (Å²) in [4.78, 5) is 4.40. The molecule has 0 spiro atoms. The highest BCUT2D eigenvalue weighted by Gasteiger charge is 1.97. The van der Waals surface area contributed by atoms with E-state index in [-0.39, 0.29) is 0 Å². The number of benzene rings is 1. The lowest BCUT2D eigenvalue weighted by Crippen LogP contribution is -1.90. The van der Waals surface area contributed by atoms with Gasteiger partial charge in [-0.1, -0.05) is 70.4 Å². The third-order valence-corrected chi connectivity index (χ3v) is 4.47. The van der Waals surface area contributed by atoms with Gasteiger partial charge in [-0.25, -0.2) is 4.98 Å². The third kappa shape index (κ3) is 7.57. The van der Waals surface area contributed by atoms with Crippen LogP contribution in [0.4, 0.5) is 0 Å². The zero-order valence-electron chi connectivity index (χ0n) is 15.9. The molecule has 0 aliphatic carbocycles. The maximum Gasteiger partial charge on any atom is 0.113 e. The van der Waals surface area contributed by atoms with Gasteiger partial charge < -0.3 is 0 Å². The number of rotatable bonds is 9. The molecule has 0 amide bonds. The number of hydrogen-bond donors (Lipinski definition) is 0. The van der Waals surface area contributed by atoms with E-state index in [1.54, 1.807) is 0 Å². The van der Waals surface area contributed by atoms with Crippen molar-refractivity contribution in [3.8, 4) is 11.8 Å². The molecule has 0 aliphatic heterocycles. The van der Waals surface area contributed by atoms with Crippen LogP contribution in [0.5, 0.6) is 0 Å². The van der Waals surface area contributed by atoms with Gasteiger partial charge in [-0.05, 0) is 60.6 Å². The molecule has 1 nitrogen and oxygen atoms in total. The van der Waals surface area contributed by atoms with Crippen LogP contribution >= 0.6 is 0 Å². The van der Waals surface area contributed by atoms with Crippen molar-refractivity contribution in [3.05, 3.63) is 65.0 Å². The molecule has 0 saturated carbocycles. The molecular weight excluding hydrogens is 302 g/mol. The number of nitrogens with zero attached hydrogens (tertiary/aromatic N) is 1. The predicted molar refractivity (Wildman–Crippen MR) is 108 cm³/mol. The van der Waals surface area contributed by atoms with Crippen LogP contribution in [-0.4, -0.2) is 4.98 Å². The average molecular weight is 334 g/mol. The van der Waals surface area contributed by atoms with E-state index in [9.17, 15) is 0 Å². The second-order valence-corrected chi connectivity index (χ2v) is 6.76. The predicted octanol–water partition coefficient (Wildman–Crippen LogP) is 6.34. The Balaban J connectivity index is 1.86. The summed E-state index contributed by atoms with van der Waals surface area (Å²) in [6.45, 7) is 4.47. The number of aromatic nitrogens is 1. The first kappa shape index (κ1) is 19.3. The molecule has 0 N–H and O–H groups in total. The van der Waals surface area contributed by atoms with E-state index in [1.807, 2.05) is 6.20 Å². The quantitative estimate of drug-likeness (QED) is 0.385. The van der Waals surface area contributed by atoms with Crippen LogP contribution in [0.1, 0.15) is 81.2 Å². The maximum atomic E-state index is 4.40. The highest BCUT2D eigenvalue weighted by molar-refractivity contribution is 5.41. The van der Waals surface area contributed by atoms with Crippen LogP contribution in [0, 0.1) is 11.8 Å². The van der Waals surface area contributed by atoms with Gasteiger partial charge >= 0.3 is 0 Å². The Morgan fingerprint density at radius 1 is 0.720 bits per heavy atom. The van der Waals surface area contributed by atoms with Gasteiger partial charge in [0.1, 0.15) is 5.69 Å². The molecule has 0 bridgehead atoms. The smallest absolute Gasteiger partial charge is 0.113 e. The number of pyridine rings is 1. The van der Waals surface area contributed by atoms with Gasteiger partial charge in [-0.15, -0.1) is 0 Å². The van der Waals surface area contributed by atoms with E-state index in [2.05, 4.69) is 67.1 Å². The molecule has 1 aromatic carbocycles. The van der Waals surface area contributed by atoms with Crippen LogP contribution in [0.2, 0.25) is 0 Å². The highest BCUT2D eigenvalue weighted by Crippen LogP contribution is 2.11. The molecule has 132 valence electrons. The minimum Gasteiger partial charge on any atom is -0.248 e. The second-order valence-electron chi connectivity index (χ2n) is 6.76. The van der Waals surface area contributed by atoms with E-state index in [0.717, 1.165) is 24.1 Å². The maximum absolute atomic E-state index is 4.40. The fourth-order valence-electron chi connectivity index (χ4n) is 2.99. The summed E-state index contributed by atoms with van der Waals surface area (Å²) in [5.41, 5.74) is 4.67. The molecule has 0 atom stereocenters. The fourth-order valence-corrected chi connectivity index (χ4v) is 2.99. The second kappa shape index (κ2) is 11.5. The van der Waals surface area contributed by atoms with E-state index >= 15 is 0 Å². The molecule has 25 heavy (non-hydrogen) atoms. The molecule has 1 heterocycles. The molecule has 2 aromatic rings. The summed E-state index contributed by atoms with van der Waals surface area (Å²) in [6, 6.07) is 12.8. The molecule has 1 aromatic heterocycles. The van der Waals surface area contributed by atoms with E-state index in [1.165, 1.54) is 56.1 Å². The van der Waals surface area contributed by atoms with Crippen molar-refractivity contribution in [2.45, 2.75) is 71.6 Å². The first-order chi connectivity index (χ1) is 12.3. The molecule has 0 saturated heterocycles. The van der Waals surface area contributed by atoms with Crippen LogP contribution < -0.4 is 0 Å². The summed E-state index contributed by atoms with van der Waals surface area (Å²) in [5.74, 6) is 6.45. The zero-order chi connectivity index (χ0) is 17.7. The third-order valence-electron chi connectivity index (χ3n) is 4.47. The van der Waals surface area contributed by atoms with Crippen molar-refractivity contribution in [3.63, 3.8) is 0 Å². The molecule has 0 radical (unpaired) electrons. The van der Waals surface area contributed by atoms with Gasteiger partial charge in [-0.3, -0.25) is 0 Å². The Hall–Kier alpha value is -2.07. The van der Waals surface area contributed by atoms with Crippen LogP contribution in [-0.2, 0) is 12.8 Å². The Morgan fingerprint density at radius 3 is 2.24 bits per heavy atom. The Bertz CT molecular complexity index is 673. The van der Waals surface area contributed by atoms with Crippen LogP contribution in [0.25, 0.3) is 0 Å². The highest BCUT2D eigenvalue weighted by atomic mass is 14.6. The van der Waals surface area contributed by atoms with Crippen molar-refractivity contribution < 1.29 is 0 Å². The summed E-state index contributed by atoms with van der Waals surface area (Å²) in [5, 5.41) is 0. The molecular formula is C24H31N.